The maximum atomic E-state index is 13.5. The Morgan fingerprint density at radius 2 is 1.65 bits per heavy atom. The molecule has 0 radical (unpaired) electrons. The van der Waals surface area contributed by atoms with Crippen molar-refractivity contribution in [1.29, 1.82) is 0 Å². The summed E-state index contributed by atoms with van der Waals surface area (Å²) in [6, 6.07) is 14.5. The molecular weight excluding hydrogens is 470 g/mol. The van der Waals surface area contributed by atoms with E-state index in [-0.39, 0.29) is 22.2 Å². The number of nitrogens with one attached hydrogen (secondary N) is 1. The normalized spacial score (nSPS) is 16.3. The molecule has 1 aliphatic heterocycles. The van der Waals surface area contributed by atoms with Gasteiger partial charge in [-0.3, -0.25) is 4.79 Å². The Morgan fingerprint density at radius 3 is 2.27 bits per heavy atom. The average Bonchev–Trinajstić information content (AvgIpc) is 2.89. The lowest BCUT2D eigenvalue weighted by atomic mass is 9.79. The van der Waals surface area contributed by atoms with Gasteiger partial charge in [-0.05, 0) is 33.8 Å². The summed E-state index contributed by atoms with van der Waals surface area (Å²) in [6.45, 7) is 10.6. The number of rotatable bonds is 6. The summed E-state index contributed by atoms with van der Waals surface area (Å²) in [7, 11) is 1.28. The summed E-state index contributed by atoms with van der Waals surface area (Å²) in [4.78, 5) is 40.0. The molecule has 7 heteroatoms. The van der Waals surface area contributed by atoms with Gasteiger partial charge in [0, 0.05) is 28.1 Å². The minimum absolute atomic E-state index is 0.193. The molecule has 0 saturated carbocycles. The number of methoxy groups -OCH3 is 1. The van der Waals surface area contributed by atoms with Crippen LogP contribution in [-0.4, -0.2) is 25.2 Å². The maximum absolute atomic E-state index is 13.5. The molecular formula is C30H29NO6. The third-order valence-corrected chi connectivity index (χ3v) is 6.53. The van der Waals surface area contributed by atoms with Crippen LogP contribution in [0.1, 0.15) is 37.8 Å². The minimum atomic E-state index is -0.906. The zero-order valence-corrected chi connectivity index (χ0v) is 21.5. The molecule has 0 fully saturated rings. The van der Waals surface area contributed by atoms with Crippen molar-refractivity contribution >= 4 is 22.9 Å². The first-order chi connectivity index (χ1) is 17.7. The molecule has 7 nitrogen and oxygen atoms in total. The van der Waals surface area contributed by atoms with Crippen LogP contribution in [0.2, 0.25) is 0 Å². The van der Waals surface area contributed by atoms with Gasteiger partial charge in [0.1, 0.15) is 17.4 Å². The number of para-hydroxylation sites is 1. The van der Waals surface area contributed by atoms with E-state index < -0.39 is 24.0 Å². The first-order valence-electron chi connectivity index (χ1n) is 11.9. The van der Waals surface area contributed by atoms with Gasteiger partial charge in [-0.2, -0.15) is 0 Å². The fraction of sp³-hybridized carbons (Fsp3) is 0.233. The second-order valence-electron chi connectivity index (χ2n) is 8.95. The number of hydrogen-bond acceptors (Lipinski definition) is 7. The zero-order valence-electron chi connectivity index (χ0n) is 21.5. The zero-order chi connectivity index (χ0) is 26.9. The van der Waals surface area contributed by atoms with Crippen LogP contribution in [-0.2, 0) is 19.1 Å². The van der Waals surface area contributed by atoms with E-state index in [1.807, 2.05) is 30.3 Å². The standard InChI is InChI=1S/C30H29NO6/c1-7-16(2)36-30(34)24-19(5)31-18(4)23(29(33)35-6)25(24)21-14-11-15-22-26(32)17(3)27(37-28(21)22)20-12-9-8-10-13-20/h7-16,25,31H,1H2,2-6H3. The maximum Gasteiger partial charge on any atom is 0.337 e. The molecule has 0 amide bonds. The highest BCUT2D eigenvalue weighted by molar-refractivity contribution is 6.01. The molecule has 1 N–H and O–H groups in total. The fourth-order valence-electron chi connectivity index (χ4n) is 4.66. The molecule has 0 saturated heterocycles. The van der Waals surface area contributed by atoms with Crippen molar-refractivity contribution in [2.75, 3.05) is 7.11 Å². The number of carbonyl (C=O) groups excluding carboxylic acids is 2. The molecule has 0 bridgehead atoms. The van der Waals surface area contributed by atoms with Crippen LogP contribution in [0, 0.1) is 6.92 Å². The number of fused-ring (bicyclic) bond motifs is 1. The lowest BCUT2D eigenvalue weighted by Gasteiger charge is -2.31. The Hall–Kier alpha value is -4.39. The monoisotopic (exact) mass is 499 g/mol. The second kappa shape index (κ2) is 10.3. The van der Waals surface area contributed by atoms with Crippen molar-refractivity contribution in [2.45, 2.75) is 39.7 Å². The van der Waals surface area contributed by atoms with Crippen LogP contribution in [0.25, 0.3) is 22.3 Å². The second-order valence-corrected chi connectivity index (χ2v) is 8.95. The van der Waals surface area contributed by atoms with Crippen molar-refractivity contribution in [3.05, 3.63) is 105 Å². The predicted molar refractivity (Wildman–Crippen MR) is 142 cm³/mol. The van der Waals surface area contributed by atoms with E-state index in [9.17, 15) is 14.4 Å². The summed E-state index contributed by atoms with van der Waals surface area (Å²) in [5, 5.41) is 3.46. The summed E-state index contributed by atoms with van der Waals surface area (Å²) in [5.74, 6) is -1.72. The van der Waals surface area contributed by atoms with E-state index in [0.29, 0.717) is 33.7 Å². The van der Waals surface area contributed by atoms with E-state index in [0.717, 1.165) is 5.56 Å². The third kappa shape index (κ3) is 4.60. The van der Waals surface area contributed by atoms with Crippen molar-refractivity contribution in [3.8, 4) is 11.3 Å². The van der Waals surface area contributed by atoms with E-state index in [4.69, 9.17) is 13.9 Å². The van der Waals surface area contributed by atoms with Gasteiger partial charge in [0.05, 0.1) is 29.6 Å². The van der Waals surface area contributed by atoms with Gasteiger partial charge in [0.2, 0.25) is 0 Å². The first kappa shape index (κ1) is 25.7. The van der Waals surface area contributed by atoms with E-state index in [1.165, 1.54) is 13.2 Å². The topological polar surface area (TPSA) is 94.8 Å². The quantitative estimate of drug-likeness (QED) is 0.364. The number of esters is 2. The Balaban J connectivity index is 2.05. The lowest BCUT2D eigenvalue weighted by Crippen LogP contribution is -2.33. The molecule has 37 heavy (non-hydrogen) atoms. The number of carbonyl (C=O) groups is 2. The van der Waals surface area contributed by atoms with Crippen molar-refractivity contribution < 1.29 is 23.5 Å². The summed E-state index contributed by atoms with van der Waals surface area (Å²) in [6.07, 6.45) is 0.951. The molecule has 3 aromatic rings. The highest BCUT2D eigenvalue weighted by Crippen LogP contribution is 2.42. The van der Waals surface area contributed by atoms with Crippen LogP contribution < -0.4 is 10.7 Å². The molecule has 1 aliphatic rings. The van der Waals surface area contributed by atoms with Crippen molar-refractivity contribution in [1.82, 2.24) is 5.32 Å². The van der Waals surface area contributed by atoms with Crippen LogP contribution in [0.5, 0.6) is 0 Å². The Bertz CT molecular complexity index is 1530. The number of hydrogen-bond donors (Lipinski definition) is 1. The van der Waals surface area contributed by atoms with Gasteiger partial charge in [-0.25, -0.2) is 9.59 Å². The summed E-state index contributed by atoms with van der Waals surface area (Å²) < 4.78 is 17.1. The van der Waals surface area contributed by atoms with Gasteiger partial charge in [0.25, 0.3) is 0 Å². The highest BCUT2D eigenvalue weighted by Gasteiger charge is 2.39. The van der Waals surface area contributed by atoms with Crippen LogP contribution in [0.3, 0.4) is 0 Å². The fourth-order valence-corrected chi connectivity index (χ4v) is 4.66. The predicted octanol–water partition coefficient (Wildman–Crippen LogP) is 5.29. The van der Waals surface area contributed by atoms with E-state index in [1.54, 1.807) is 45.9 Å². The molecule has 2 atom stereocenters. The van der Waals surface area contributed by atoms with Crippen LogP contribution >= 0.6 is 0 Å². The molecule has 0 aliphatic carbocycles. The van der Waals surface area contributed by atoms with Gasteiger partial charge in [-0.15, -0.1) is 0 Å². The molecule has 4 rings (SSSR count). The van der Waals surface area contributed by atoms with Crippen molar-refractivity contribution in [2.24, 2.45) is 0 Å². The smallest absolute Gasteiger partial charge is 0.337 e. The molecule has 2 aromatic carbocycles. The van der Waals surface area contributed by atoms with Crippen LogP contribution in [0.15, 0.2) is 92.9 Å². The molecule has 0 spiro atoms. The highest BCUT2D eigenvalue weighted by atomic mass is 16.5. The summed E-state index contributed by atoms with van der Waals surface area (Å²) >= 11 is 0. The van der Waals surface area contributed by atoms with Gasteiger partial charge in [0.15, 0.2) is 5.43 Å². The molecule has 1 aromatic heterocycles. The van der Waals surface area contributed by atoms with E-state index in [2.05, 4.69) is 11.9 Å². The third-order valence-electron chi connectivity index (χ3n) is 6.53. The summed E-state index contributed by atoms with van der Waals surface area (Å²) in [5.41, 5.74) is 3.26. The van der Waals surface area contributed by atoms with Crippen molar-refractivity contribution in [3.63, 3.8) is 0 Å². The molecule has 190 valence electrons. The van der Waals surface area contributed by atoms with Gasteiger partial charge in [-0.1, -0.05) is 55.1 Å². The minimum Gasteiger partial charge on any atom is -0.466 e. The van der Waals surface area contributed by atoms with Gasteiger partial charge < -0.3 is 19.2 Å². The Labute approximate surface area is 215 Å². The lowest BCUT2D eigenvalue weighted by molar-refractivity contribution is -0.141. The molecule has 2 unspecified atom stereocenters. The number of dihydropyridines is 1. The Kier molecular flexibility index (Phi) is 7.16. The van der Waals surface area contributed by atoms with E-state index >= 15 is 0 Å². The molecule has 2 heterocycles. The number of allylic oxidation sites excluding steroid dienone is 2. The largest absolute Gasteiger partial charge is 0.466 e. The number of ether oxygens (including phenoxy) is 2. The first-order valence-corrected chi connectivity index (χ1v) is 11.9. The van der Waals surface area contributed by atoms with Gasteiger partial charge >= 0.3 is 11.9 Å². The Morgan fingerprint density at radius 1 is 1.00 bits per heavy atom. The van der Waals surface area contributed by atoms with Crippen LogP contribution in [0.4, 0.5) is 0 Å². The SMILES string of the molecule is C=CC(C)OC(=O)C1=C(C)NC(C)=C(C(=O)OC)C1c1cccc2c(=O)c(C)c(-c3ccccc3)oc12. The number of benzene rings is 2. The average molecular weight is 500 g/mol.